The lowest BCUT2D eigenvalue weighted by Gasteiger charge is -2.11. The van der Waals surface area contributed by atoms with Crippen LogP contribution in [0.1, 0.15) is 10.5 Å². The largest absolute Gasteiger partial charge is 0.353 e. The van der Waals surface area contributed by atoms with Crippen LogP contribution >= 0.6 is 23.2 Å². The third kappa shape index (κ3) is 5.23. The first-order valence-corrected chi connectivity index (χ1v) is 12.1. The molecule has 0 spiro atoms. The van der Waals surface area contributed by atoms with Crippen LogP contribution in [0.5, 0.6) is 0 Å². The molecule has 0 atom stereocenters. The summed E-state index contributed by atoms with van der Waals surface area (Å²) in [7, 11) is 0. The normalized spacial score (nSPS) is 11.0. The van der Waals surface area contributed by atoms with Crippen molar-refractivity contribution >= 4 is 68.8 Å². The lowest BCUT2D eigenvalue weighted by Crippen LogP contribution is -2.34. The summed E-state index contributed by atoms with van der Waals surface area (Å²) in [5, 5.41) is 17.3. The molecule has 3 heterocycles. The fourth-order valence-corrected chi connectivity index (χ4v) is 3.95. The highest BCUT2D eigenvalue weighted by atomic mass is 35.5. The van der Waals surface area contributed by atoms with Gasteiger partial charge in [0.05, 0.1) is 18.6 Å². The molecule has 0 saturated carbocycles. The van der Waals surface area contributed by atoms with Crippen molar-refractivity contribution in [3.05, 3.63) is 76.3 Å². The molecule has 3 N–H and O–H groups in total. The van der Waals surface area contributed by atoms with Crippen LogP contribution in [0.2, 0.25) is 5.02 Å². The molecule has 192 valence electrons. The third-order valence-electron chi connectivity index (χ3n) is 5.34. The summed E-state index contributed by atoms with van der Waals surface area (Å²) >= 11 is 11.7. The number of aromatic nitrogens is 7. The number of hydrogen-bond acceptors (Lipinski definition) is 9. The minimum atomic E-state index is -0.689. The average molecular weight is 553 g/mol. The number of fused-ring (bicyclic) bond motifs is 2. The fourth-order valence-electron chi connectivity index (χ4n) is 3.60. The van der Waals surface area contributed by atoms with Crippen LogP contribution in [0.25, 0.3) is 16.6 Å². The summed E-state index contributed by atoms with van der Waals surface area (Å²) in [4.78, 5) is 50.1. The van der Waals surface area contributed by atoms with Gasteiger partial charge in [-0.2, -0.15) is 4.68 Å². The number of halogens is 2. The number of benzene rings is 2. The number of rotatable bonds is 8. The van der Waals surface area contributed by atoms with Crippen LogP contribution < -0.4 is 21.6 Å². The number of anilines is 3. The molecule has 2 amide bonds. The van der Waals surface area contributed by atoms with Crippen LogP contribution in [-0.2, 0) is 11.3 Å². The second-order valence-corrected chi connectivity index (χ2v) is 8.71. The molecule has 5 aromatic rings. The molecule has 5 rings (SSSR count). The van der Waals surface area contributed by atoms with E-state index in [0.29, 0.717) is 27.4 Å². The maximum Gasteiger partial charge on any atom is 0.353 e. The van der Waals surface area contributed by atoms with E-state index >= 15 is 0 Å². The molecule has 0 aliphatic heterocycles. The van der Waals surface area contributed by atoms with E-state index in [1.165, 1.54) is 6.33 Å². The van der Waals surface area contributed by atoms with Crippen molar-refractivity contribution in [1.29, 1.82) is 0 Å². The lowest BCUT2D eigenvalue weighted by atomic mass is 10.2. The van der Waals surface area contributed by atoms with Gasteiger partial charge >= 0.3 is 5.69 Å². The van der Waals surface area contributed by atoms with Crippen molar-refractivity contribution in [3.63, 3.8) is 0 Å². The van der Waals surface area contributed by atoms with Gasteiger partial charge in [0.15, 0.2) is 11.3 Å². The Morgan fingerprint density at radius 1 is 1.03 bits per heavy atom. The molecule has 0 saturated heterocycles. The third-order valence-corrected chi connectivity index (χ3v) is 5.75. The first-order valence-electron chi connectivity index (χ1n) is 11.1. The Balaban J connectivity index is 1.27. The van der Waals surface area contributed by atoms with Crippen molar-refractivity contribution in [2.45, 2.75) is 6.54 Å². The maximum atomic E-state index is 12.6. The van der Waals surface area contributed by atoms with Crippen molar-refractivity contribution in [2.24, 2.45) is 0 Å². The van der Waals surface area contributed by atoms with E-state index in [1.807, 2.05) is 12.1 Å². The first-order chi connectivity index (χ1) is 18.4. The molecule has 0 aliphatic carbocycles. The summed E-state index contributed by atoms with van der Waals surface area (Å²) in [6.45, 7) is -0.201. The van der Waals surface area contributed by atoms with Crippen LogP contribution in [0.15, 0.2) is 59.9 Å². The number of alkyl halides is 1. The molecular weight excluding hydrogens is 535 g/mol. The minimum absolute atomic E-state index is 0.0343. The average Bonchev–Trinajstić information content (AvgIpc) is 3.34. The van der Waals surface area contributed by atoms with Gasteiger partial charge in [-0.15, -0.1) is 16.7 Å². The smallest absolute Gasteiger partial charge is 0.341 e. The second-order valence-electron chi connectivity index (χ2n) is 7.89. The van der Waals surface area contributed by atoms with E-state index in [0.717, 1.165) is 21.1 Å². The van der Waals surface area contributed by atoms with Crippen LogP contribution in [0, 0.1) is 0 Å². The van der Waals surface area contributed by atoms with Gasteiger partial charge in [-0.05, 0) is 36.4 Å². The Morgan fingerprint density at radius 3 is 2.71 bits per heavy atom. The van der Waals surface area contributed by atoms with Crippen molar-refractivity contribution < 1.29 is 9.59 Å². The Morgan fingerprint density at radius 2 is 1.89 bits per heavy atom. The van der Waals surface area contributed by atoms with Gasteiger partial charge in [-0.1, -0.05) is 22.9 Å². The molecule has 38 heavy (non-hydrogen) atoms. The molecule has 0 bridgehead atoms. The maximum absolute atomic E-state index is 12.6. The zero-order chi connectivity index (χ0) is 26.6. The summed E-state index contributed by atoms with van der Waals surface area (Å²) in [6, 6.07) is 12.3. The molecule has 0 fully saturated rings. The zero-order valence-electron chi connectivity index (χ0n) is 19.4. The van der Waals surface area contributed by atoms with E-state index in [1.54, 1.807) is 30.3 Å². The highest BCUT2D eigenvalue weighted by molar-refractivity contribution is 6.30. The molecule has 2 aromatic carbocycles. The molecular formula is C23H18Cl2N10O3. The number of amides is 2. The van der Waals surface area contributed by atoms with Gasteiger partial charge in [0, 0.05) is 27.7 Å². The Kier molecular flexibility index (Phi) is 7.11. The molecule has 15 heteroatoms. The van der Waals surface area contributed by atoms with Gasteiger partial charge in [0.1, 0.15) is 18.5 Å². The van der Waals surface area contributed by atoms with Crippen molar-refractivity contribution in [2.75, 3.05) is 23.1 Å². The van der Waals surface area contributed by atoms with Crippen molar-refractivity contribution in [3.8, 4) is 0 Å². The molecule has 3 aromatic heterocycles. The number of nitrogens with zero attached hydrogens (tertiary/aromatic N) is 7. The molecule has 0 unspecified atom stereocenters. The van der Waals surface area contributed by atoms with E-state index in [-0.39, 0.29) is 30.3 Å². The number of carbonyl (C=O) groups excluding carboxylic acids is 2. The lowest BCUT2D eigenvalue weighted by molar-refractivity contribution is -0.115. The van der Waals surface area contributed by atoms with Crippen molar-refractivity contribution in [1.82, 2.24) is 39.7 Å². The van der Waals surface area contributed by atoms with Gasteiger partial charge in [-0.3, -0.25) is 9.59 Å². The Bertz CT molecular complexity index is 1740. The Hall–Kier alpha value is -4.62. The SMILES string of the molecule is O=C(CNC(=O)c1ncn2c(=O)n(CCCl)nnc12)Nc1ccc2ncnc(Nc3cccc(Cl)c3)c2c1. The Labute approximate surface area is 223 Å². The van der Waals surface area contributed by atoms with E-state index in [4.69, 9.17) is 23.2 Å². The predicted octanol–water partition coefficient (Wildman–Crippen LogP) is 2.23. The number of hydrogen-bond donors (Lipinski definition) is 3. The monoisotopic (exact) mass is 552 g/mol. The predicted molar refractivity (Wildman–Crippen MR) is 141 cm³/mol. The number of imidazole rings is 1. The number of carbonyl (C=O) groups is 2. The van der Waals surface area contributed by atoms with Crippen LogP contribution in [-0.4, -0.2) is 58.6 Å². The van der Waals surface area contributed by atoms with Gasteiger partial charge < -0.3 is 16.0 Å². The van der Waals surface area contributed by atoms with E-state index < -0.39 is 17.5 Å². The quantitative estimate of drug-likeness (QED) is 0.245. The van der Waals surface area contributed by atoms with Gasteiger partial charge in [-0.25, -0.2) is 24.1 Å². The summed E-state index contributed by atoms with van der Waals surface area (Å²) in [5.41, 5.74) is 1.16. The van der Waals surface area contributed by atoms with E-state index in [9.17, 15) is 14.4 Å². The molecule has 0 aliphatic rings. The van der Waals surface area contributed by atoms with E-state index in [2.05, 4.69) is 41.2 Å². The standard InChI is InChI=1S/C23H18Cl2N10O3/c24-6-7-35-23(38)34-12-29-19(21(34)32-33-35)22(37)26-10-18(36)30-15-4-5-17-16(9-15)20(28-11-27-17)31-14-3-1-2-13(25)8-14/h1-5,8-9,11-12H,6-7,10H2,(H,26,37)(H,30,36)(H,27,28,31). The molecule has 13 nitrogen and oxygen atoms in total. The molecule has 0 radical (unpaired) electrons. The van der Waals surface area contributed by atoms with Gasteiger partial charge in [0.25, 0.3) is 5.91 Å². The number of nitrogens with one attached hydrogen (secondary N) is 3. The first kappa shape index (κ1) is 25.0. The van der Waals surface area contributed by atoms with Crippen LogP contribution in [0.4, 0.5) is 17.2 Å². The summed E-state index contributed by atoms with van der Waals surface area (Å²) in [6.07, 6.45) is 2.60. The van der Waals surface area contributed by atoms with Gasteiger partial charge in [0.2, 0.25) is 5.91 Å². The van der Waals surface area contributed by atoms with Crippen LogP contribution in [0.3, 0.4) is 0 Å². The summed E-state index contributed by atoms with van der Waals surface area (Å²) < 4.78 is 2.14. The summed E-state index contributed by atoms with van der Waals surface area (Å²) in [5.74, 6) is -0.481. The topological polar surface area (TPSA) is 161 Å². The number of aryl methyl sites for hydroxylation is 1. The fraction of sp³-hybridized carbons (Fsp3) is 0.130. The second kappa shape index (κ2) is 10.8. The highest BCUT2D eigenvalue weighted by Gasteiger charge is 2.18. The minimum Gasteiger partial charge on any atom is -0.341 e. The zero-order valence-corrected chi connectivity index (χ0v) is 20.9. The highest BCUT2D eigenvalue weighted by Crippen LogP contribution is 2.26.